The highest BCUT2D eigenvalue weighted by atomic mass is 19.4. The summed E-state index contributed by atoms with van der Waals surface area (Å²) in [6.07, 6.45) is 1.76. The van der Waals surface area contributed by atoms with Crippen molar-refractivity contribution in [3.63, 3.8) is 0 Å². The van der Waals surface area contributed by atoms with Gasteiger partial charge in [0.15, 0.2) is 11.5 Å². The maximum absolute atomic E-state index is 13.9. The molecule has 30 heavy (non-hydrogen) atoms. The number of carbonyl (C=O) groups excluding carboxylic acids is 1. The van der Waals surface area contributed by atoms with Gasteiger partial charge in [0.2, 0.25) is 5.91 Å². The standard InChI is InChI=1S/C21H28F3N5O/c1-12(2)25-19-18-14(21(22,23)24)11-15(26-20(18)28-27-19)16-8-5-9-29(16)17(30)10-13-6-3-4-7-13/h11-13,16H,3-10H2,1-2H3,(H2,25,26,27,28). The van der Waals surface area contributed by atoms with E-state index in [4.69, 9.17) is 0 Å². The van der Waals surface area contributed by atoms with Gasteiger partial charge in [-0.05, 0) is 51.5 Å². The lowest BCUT2D eigenvalue weighted by molar-refractivity contribution is -0.136. The zero-order valence-corrected chi connectivity index (χ0v) is 17.4. The molecule has 2 N–H and O–H groups in total. The van der Waals surface area contributed by atoms with Gasteiger partial charge in [0.05, 0.1) is 22.7 Å². The molecule has 3 heterocycles. The van der Waals surface area contributed by atoms with E-state index in [1.54, 1.807) is 4.90 Å². The molecule has 2 aromatic heterocycles. The van der Waals surface area contributed by atoms with Crippen LogP contribution in [0.15, 0.2) is 6.07 Å². The van der Waals surface area contributed by atoms with Crippen LogP contribution in [-0.4, -0.2) is 38.6 Å². The van der Waals surface area contributed by atoms with Crippen LogP contribution in [0.2, 0.25) is 0 Å². The second-order valence-corrected chi connectivity index (χ2v) is 8.79. The Hall–Kier alpha value is -2.32. The number of aromatic amines is 1. The summed E-state index contributed by atoms with van der Waals surface area (Å²) in [5, 5.41) is 9.56. The number of hydrogen-bond donors (Lipinski definition) is 2. The van der Waals surface area contributed by atoms with Gasteiger partial charge in [0.1, 0.15) is 0 Å². The number of amides is 1. The van der Waals surface area contributed by atoms with Crippen LogP contribution >= 0.6 is 0 Å². The van der Waals surface area contributed by atoms with Crippen LogP contribution in [0.4, 0.5) is 19.0 Å². The minimum Gasteiger partial charge on any atom is -0.366 e. The van der Waals surface area contributed by atoms with Crippen molar-refractivity contribution in [2.45, 2.75) is 77.1 Å². The van der Waals surface area contributed by atoms with Gasteiger partial charge in [-0.1, -0.05) is 12.8 Å². The van der Waals surface area contributed by atoms with E-state index in [0.29, 0.717) is 25.3 Å². The Kier molecular flexibility index (Phi) is 5.63. The van der Waals surface area contributed by atoms with Gasteiger partial charge < -0.3 is 10.2 Å². The van der Waals surface area contributed by atoms with Gasteiger partial charge in [-0.25, -0.2) is 4.98 Å². The van der Waals surface area contributed by atoms with E-state index in [1.807, 2.05) is 13.8 Å². The van der Waals surface area contributed by atoms with Crippen molar-refractivity contribution in [3.05, 3.63) is 17.3 Å². The van der Waals surface area contributed by atoms with E-state index in [1.165, 1.54) is 0 Å². The predicted molar refractivity (Wildman–Crippen MR) is 108 cm³/mol. The smallest absolute Gasteiger partial charge is 0.366 e. The maximum atomic E-state index is 13.9. The fourth-order valence-corrected chi connectivity index (χ4v) is 4.77. The van der Waals surface area contributed by atoms with Crippen LogP contribution in [0.25, 0.3) is 11.0 Å². The summed E-state index contributed by atoms with van der Waals surface area (Å²) < 4.78 is 41.8. The van der Waals surface area contributed by atoms with E-state index in [9.17, 15) is 18.0 Å². The average molecular weight is 423 g/mol. The molecule has 0 aromatic carbocycles. The maximum Gasteiger partial charge on any atom is 0.417 e. The molecule has 2 fully saturated rings. The molecule has 1 atom stereocenters. The third-order valence-corrected chi connectivity index (χ3v) is 6.13. The Morgan fingerprint density at radius 1 is 1.27 bits per heavy atom. The molecule has 4 rings (SSSR count). The number of halogens is 3. The molecule has 1 amide bonds. The molecule has 9 heteroatoms. The molecule has 164 valence electrons. The van der Waals surface area contributed by atoms with Crippen molar-refractivity contribution in [2.24, 2.45) is 5.92 Å². The molecular weight excluding hydrogens is 395 g/mol. The van der Waals surface area contributed by atoms with Crippen LogP contribution in [-0.2, 0) is 11.0 Å². The summed E-state index contributed by atoms with van der Waals surface area (Å²) in [6, 6.07) is 0.611. The Bertz CT molecular complexity index is 917. The number of aromatic nitrogens is 3. The minimum absolute atomic E-state index is 0.0339. The van der Waals surface area contributed by atoms with Crippen molar-refractivity contribution in [1.29, 1.82) is 0 Å². The fourth-order valence-electron chi connectivity index (χ4n) is 4.77. The first-order valence-electron chi connectivity index (χ1n) is 10.8. The summed E-state index contributed by atoms with van der Waals surface area (Å²) in [5.41, 5.74) is -0.389. The third-order valence-electron chi connectivity index (χ3n) is 6.13. The van der Waals surface area contributed by atoms with Gasteiger partial charge >= 0.3 is 6.18 Å². The number of likely N-dealkylation sites (tertiary alicyclic amines) is 1. The fraction of sp³-hybridized carbons (Fsp3) is 0.667. The van der Waals surface area contributed by atoms with Crippen molar-refractivity contribution >= 4 is 22.8 Å². The number of rotatable bonds is 5. The van der Waals surface area contributed by atoms with Gasteiger partial charge in [0.25, 0.3) is 0 Å². The minimum atomic E-state index is -4.55. The van der Waals surface area contributed by atoms with Crippen LogP contribution < -0.4 is 5.32 Å². The second kappa shape index (κ2) is 8.07. The highest BCUT2D eigenvalue weighted by Crippen LogP contribution is 2.41. The largest absolute Gasteiger partial charge is 0.417 e. The van der Waals surface area contributed by atoms with Gasteiger partial charge in [-0.2, -0.15) is 18.3 Å². The first-order chi connectivity index (χ1) is 14.2. The number of anilines is 1. The number of pyridine rings is 1. The number of fused-ring (bicyclic) bond motifs is 1. The lowest BCUT2D eigenvalue weighted by atomic mass is 10.0. The Balaban J connectivity index is 1.68. The summed E-state index contributed by atoms with van der Waals surface area (Å²) >= 11 is 0. The van der Waals surface area contributed by atoms with Crippen molar-refractivity contribution in [3.8, 4) is 0 Å². The summed E-state index contributed by atoms with van der Waals surface area (Å²) in [7, 11) is 0. The highest BCUT2D eigenvalue weighted by molar-refractivity contribution is 5.91. The SMILES string of the molecule is CC(C)Nc1n[nH]c2nc(C3CCCN3C(=O)CC3CCCC3)cc(C(F)(F)F)c12. The van der Waals surface area contributed by atoms with Gasteiger partial charge in [-0.3, -0.25) is 9.89 Å². The lowest BCUT2D eigenvalue weighted by Gasteiger charge is -2.26. The lowest BCUT2D eigenvalue weighted by Crippen LogP contribution is -2.32. The number of hydrogen-bond acceptors (Lipinski definition) is 4. The first-order valence-corrected chi connectivity index (χ1v) is 10.8. The molecular formula is C21H28F3N5O. The molecule has 1 saturated heterocycles. The molecule has 6 nitrogen and oxygen atoms in total. The Morgan fingerprint density at radius 3 is 2.67 bits per heavy atom. The summed E-state index contributed by atoms with van der Waals surface area (Å²) in [5.74, 6) is 0.579. The Morgan fingerprint density at radius 2 is 2.00 bits per heavy atom. The average Bonchev–Trinajstić information content (AvgIpc) is 3.40. The highest BCUT2D eigenvalue weighted by Gasteiger charge is 2.38. The van der Waals surface area contributed by atoms with Crippen LogP contribution in [0, 0.1) is 5.92 Å². The molecule has 2 aromatic rings. The number of carbonyl (C=O) groups is 1. The molecule has 1 unspecified atom stereocenters. The third kappa shape index (κ3) is 4.11. The van der Waals surface area contributed by atoms with Crippen molar-refractivity contribution in [2.75, 3.05) is 11.9 Å². The quantitative estimate of drug-likeness (QED) is 0.707. The summed E-state index contributed by atoms with van der Waals surface area (Å²) in [6.45, 7) is 4.24. The molecule has 2 aliphatic rings. The van der Waals surface area contributed by atoms with E-state index >= 15 is 0 Å². The zero-order valence-electron chi connectivity index (χ0n) is 17.4. The van der Waals surface area contributed by atoms with E-state index in [0.717, 1.165) is 38.2 Å². The summed E-state index contributed by atoms with van der Waals surface area (Å²) in [4.78, 5) is 19.1. The second-order valence-electron chi connectivity index (χ2n) is 8.79. The van der Waals surface area contributed by atoms with Crippen LogP contribution in [0.1, 0.15) is 76.1 Å². The zero-order chi connectivity index (χ0) is 21.5. The molecule has 1 aliphatic carbocycles. The topological polar surface area (TPSA) is 73.9 Å². The molecule has 0 radical (unpaired) electrons. The van der Waals surface area contributed by atoms with E-state index in [-0.39, 0.29) is 34.5 Å². The number of nitrogens with one attached hydrogen (secondary N) is 2. The van der Waals surface area contributed by atoms with Gasteiger partial charge in [0, 0.05) is 19.0 Å². The normalized spacial score (nSPS) is 20.6. The number of nitrogens with zero attached hydrogens (tertiary/aromatic N) is 3. The predicted octanol–water partition coefficient (Wildman–Crippen LogP) is 5.04. The Labute approximate surface area is 173 Å². The van der Waals surface area contributed by atoms with Crippen LogP contribution in [0.5, 0.6) is 0 Å². The van der Waals surface area contributed by atoms with Crippen LogP contribution in [0.3, 0.4) is 0 Å². The first kappa shape index (κ1) is 20.9. The van der Waals surface area contributed by atoms with Gasteiger partial charge in [-0.15, -0.1) is 0 Å². The molecule has 1 saturated carbocycles. The number of H-pyrrole nitrogens is 1. The monoisotopic (exact) mass is 423 g/mol. The van der Waals surface area contributed by atoms with Crippen molar-refractivity contribution in [1.82, 2.24) is 20.1 Å². The van der Waals surface area contributed by atoms with E-state index < -0.39 is 17.8 Å². The van der Waals surface area contributed by atoms with E-state index in [2.05, 4.69) is 20.5 Å². The molecule has 0 bridgehead atoms. The number of alkyl halides is 3. The molecule has 1 aliphatic heterocycles. The van der Waals surface area contributed by atoms with Crippen molar-refractivity contribution < 1.29 is 18.0 Å². The molecule has 0 spiro atoms.